The van der Waals surface area contributed by atoms with Crippen LogP contribution >= 0.6 is 24.2 Å². The van der Waals surface area contributed by atoms with Gasteiger partial charge in [0, 0.05) is 34.8 Å². The summed E-state index contributed by atoms with van der Waals surface area (Å²) in [5.74, 6) is -3.46. The van der Waals surface area contributed by atoms with E-state index < -0.39 is 109 Å². The highest BCUT2D eigenvalue weighted by Gasteiger charge is 2.76. The quantitative estimate of drug-likeness (QED) is 0.103. The molecule has 1 heterocycles. The van der Waals surface area contributed by atoms with Gasteiger partial charge in [0.2, 0.25) is 17.7 Å². The Morgan fingerprint density at radius 1 is 1.04 bits per heavy atom. The van der Waals surface area contributed by atoms with Crippen LogP contribution in [0.3, 0.4) is 0 Å². The molecular weight excluding hydrogens is 972 g/mol. The van der Waals surface area contributed by atoms with Gasteiger partial charge >= 0.3 is 14.2 Å². The maximum atomic E-state index is 16.1. The smallest absolute Gasteiger partial charge is 0.488 e. The zero-order valence-corrected chi connectivity index (χ0v) is 41.2. The summed E-state index contributed by atoms with van der Waals surface area (Å²) in [5.41, 5.74) is -3.55. The molecule has 68 heavy (non-hydrogen) atoms. The van der Waals surface area contributed by atoms with Crippen LogP contribution in [0.15, 0.2) is 48.1 Å². The van der Waals surface area contributed by atoms with Crippen molar-refractivity contribution in [2.75, 3.05) is 18.5 Å². The minimum Gasteiger partial charge on any atom is -0.566 e. The van der Waals surface area contributed by atoms with E-state index in [2.05, 4.69) is 31.9 Å². The van der Waals surface area contributed by atoms with Gasteiger partial charge in [-0.3, -0.25) is 28.8 Å². The Morgan fingerprint density at radius 3 is 2.41 bits per heavy atom. The molecule has 4 N–H and O–H groups in total. The summed E-state index contributed by atoms with van der Waals surface area (Å²) < 4.78 is 57.4. The summed E-state index contributed by atoms with van der Waals surface area (Å²) in [6.45, 7) is 7.77. The molecule has 1 aromatic carbocycles. The van der Waals surface area contributed by atoms with Gasteiger partial charge in [-0.15, -0.1) is 4.52 Å². The number of fused-ring (bicyclic) bond motifs is 7. The van der Waals surface area contributed by atoms with Crippen molar-refractivity contribution in [1.29, 1.82) is 0 Å². The van der Waals surface area contributed by atoms with Crippen LogP contribution in [-0.4, -0.2) is 107 Å². The van der Waals surface area contributed by atoms with Gasteiger partial charge in [0.1, 0.15) is 23.6 Å². The van der Waals surface area contributed by atoms with E-state index in [0.29, 0.717) is 36.1 Å². The molecule has 17 nitrogen and oxygen atoms in total. The normalized spacial score (nSPS) is 37.1. The van der Waals surface area contributed by atoms with E-state index in [9.17, 15) is 43.3 Å². The zero-order chi connectivity index (χ0) is 49.1. The number of hydrogen-bond donors (Lipinski definition) is 4. The minimum absolute atomic E-state index is 0.0138. The number of carbonyl (C=O) groups excluding carboxylic acids is 6. The summed E-state index contributed by atoms with van der Waals surface area (Å²) >= 11 is 3.02. The Bertz CT molecular complexity index is 2280. The fourth-order valence-electron chi connectivity index (χ4n) is 12.9. The molecule has 0 aromatic heterocycles. The number of ketones is 2. The van der Waals surface area contributed by atoms with Crippen LogP contribution < -0.4 is 25.6 Å². The highest BCUT2D eigenvalue weighted by molar-refractivity contribution is 9.09. The molecule has 3 amide bonds. The second-order valence-corrected chi connectivity index (χ2v) is 22.5. The molecule has 370 valence electrons. The highest BCUT2D eigenvalue weighted by Crippen LogP contribution is 2.71. The van der Waals surface area contributed by atoms with Crippen molar-refractivity contribution in [2.45, 2.75) is 146 Å². The Labute approximate surface area is 403 Å². The fraction of sp³-hybridized carbons (Fsp3) is 0.667. The molecule has 6 aliphatic carbocycles. The van der Waals surface area contributed by atoms with E-state index in [-0.39, 0.29) is 66.8 Å². The van der Waals surface area contributed by atoms with Crippen LogP contribution in [-0.2, 0) is 52.1 Å². The third kappa shape index (κ3) is 9.61. The lowest BCUT2D eigenvalue weighted by atomic mass is 9.46. The lowest BCUT2D eigenvalue weighted by Gasteiger charge is -2.60. The Balaban J connectivity index is 0.875. The molecule has 1 spiro atoms. The Morgan fingerprint density at radius 2 is 1.75 bits per heavy atom. The molecule has 6 fully saturated rings. The number of alkyl halides is 2. The van der Waals surface area contributed by atoms with Gasteiger partial charge in [0.15, 0.2) is 30.1 Å². The predicted molar refractivity (Wildman–Crippen MR) is 241 cm³/mol. The van der Waals surface area contributed by atoms with E-state index in [1.54, 1.807) is 51.1 Å². The van der Waals surface area contributed by atoms with E-state index in [1.807, 2.05) is 13.8 Å². The van der Waals surface area contributed by atoms with Crippen LogP contribution in [0.4, 0.5) is 4.39 Å². The molecule has 12 atom stereocenters. The first-order valence-electron chi connectivity index (χ1n) is 23.3. The highest BCUT2D eigenvalue weighted by atomic mass is 79.9. The number of aliphatic hydroxyl groups is 1. The van der Waals surface area contributed by atoms with E-state index >= 15 is 4.39 Å². The van der Waals surface area contributed by atoms with E-state index in [1.165, 1.54) is 12.2 Å². The number of aliphatic hydroxyl groups excluding tert-OH is 1. The van der Waals surface area contributed by atoms with Crippen LogP contribution in [0.5, 0.6) is 5.75 Å². The van der Waals surface area contributed by atoms with E-state index in [0.717, 1.165) is 12.8 Å². The lowest BCUT2D eigenvalue weighted by Crippen LogP contribution is -2.64. The number of carbonyl (C=O) groups is 6. The number of hydrogen-bond acceptors (Lipinski definition) is 14. The number of esters is 1. The zero-order valence-electron chi connectivity index (χ0n) is 38.8. The topological polar surface area (TPSA) is 245 Å². The number of Topliss-reactive ketones (excluding diaryl/α,β-unsaturated/α-hetero) is 1. The Kier molecular flexibility index (Phi) is 14.1. The first kappa shape index (κ1) is 50.4. The van der Waals surface area contributed by atoms with Crippen LogP contribution in [0.25, 0.3) is 0 Å². The molecule has 1 saturated heterocycles. The monoisotopic (exact) mass is 1030 g/mol. The van der Waals surface area contributed by atoms with Crippen LogP contribution in [0, 0.1) is 34.0 Å². The summed E-state index contributed by atoms with van der Waals surface area (Å²) in [4.78, 5) is 88.2. The van der Waals surface area contributed by atoms with Gasteiger partial charge in [-0.1, -0.05) is 48.0 Å². The van der Waals surface area contributed by atoms with Crippen molar-refractivity contribution in [3.63, 3.8) is 0 Å². The lowest BCUT2D eigenvalue weighted by molar-refractivity contribution is -0.206. The second-order valence-electron chi connectivity index (χ2n) is 21.3. The Hall–Kier alpha value is -3.97. The average molecular weight is 1030 g/mol. The summed E-state index contributed by atoms with van der Waals surface area (Å²) in [7, 11) is -3.36. The number of halogens is 2. The van der Waals surface area contributed by atoms with Crippen molar-refractivity contribution >= 4 is 59.4 Å². The second kappa shape index (κ2) is 19.0. The van der Waals surface area contributed by atoms with Gasteiger partial charge in [0.25, 0.3) is 0 Å². The summed E-state index contributed by atoms with van der Waals surface area (Å²) in [6, 6.07) is 5.94. The SMILES string of the molecule is CC(C)(C)OC(=O)CC[C@H](NC(=O)CNC(=O)CBr)C(=O)NC1CC2(C1)CC(Oc1ccc([C@@H]3O[C@@H]4C[C@H]5[C@@H]6C[C@H](F)C7=CC(=O)C=C[C@]7(C)[C@H]6[C@@H](O)C[C@]5(C)[C@]4(C(=O)CO[P+](=O)[O-])O3)cc1)C2. The number of nitrogens with one attached hydrogen (secondary N) is 3. The average Bonchev–Trinajstić information content (AvgIpc) is 3.74. The van der Waals surface area contributed by atoms with Gasteiger partial charge in [0.05, 0.1) is 30.2 Å². The van der Waals surface area contributed by atoms with Crippen molar-refractivity contribution < 1.29 is 71.2 Å². The van der Waals surface area contributed by atoms with Gasteiger partial charge in [-0.2, -0.15) is 0 Å². The number of allylic oxidation sites excluding steroid dienone is 4. The predicted octanol–water partition coefficient (Wildman–Crippen LogP) is 4.20. The number of rotatable bonds is 16. The number of amides is 3. The van der Waals surface area contributed by atoms with Crippen molar-refractivity contribution in [1.82, 2.24) is 16.0 Å². The van der Waals surface area contributed by atoms with E-state index in [4.69, 9.17) is 23.5 Å². The molecule has 5 saturated carbocycles. The van der Waals surface area contributed by atoms with Crippen molar-refractivity contribution in [2.24, 2.45) is 34.0 Å². The molecule has 8 rings (SSSR count). The molecule has 0 bridgehead atoms. The molecule has 1 aliphatic heterocycles. The molecule has 1 unspecified atom stereocenters. The molecule has 7 aliphatic rings. The fourth-order valence-corrected chi connectivity index (χ4v) is 13.4. The maximum Gasteiger partial charge on any atom is 0.488 e. The first-order chi connectivity index (χ1) is 32.0. The maximum absolute atomic E-state index is 16.1. The molecular formula is C48H60BrFN3O14P. The van der Waals surface area contributed by atoms with Crippen molar-refractivity contribution in [3.8, 4) is 5.75 Å². The third-order valence-electron chi connectivity index (χ3n) is 15.7. The van der Waals surface area contributed by atoms with Crippen molar-refractivity contribution in [3.05, 3.63) is 53.6 Å². The number of benzene rings is 1. The largest absolute Gasteiger partial charge is 0.566 e. The summed E-state index contributed by atoms with van der Waals surface area (Å²) in [6.07, 6.45) is 3.27. The minimum atomic E-state index is -3.36. The number of ether oxygens (including phenoxy) is 4. The first-order valence-corrected chi connectivity index (χ1v) is 25.5. The van der Waals surface area contributed by atoms with Gasteiger partial charge in [-0.05, 0) is 124 Å². The van der Waals surface area contributed by atoms with Crippen LogP contribution in [0.2, 0.25) is 0 Å². The van der Waals surface area contributed by atoms with Gasteiger partial charge < -0.3 is 44.9 Å². The third-order valence-corrected chi connectivity index (χ3v) is 16.5. The molecule has 1 aromatic rings. The standard InChI is InChI=1S/C48H60BrFN3O14P/c1-44(2,3)66-40(59)11-10-34(53-39(58)23-51-38(57)22-49)42(60)52-26-17-47(18-26)19-29(20-47)64-28-8-6-25(7-9-28)43-65-37-16-31-30-15-33(50)32-14-27(54)12-13-45(32,4)41(30)35(55)21-46(31,5)48(37,67-43)36(56)24-63-68(61)62/h6-9,12-14,26,29-31,33-35,37,41,43,55H,10-11,15-24H2,1-5H3,(H,51,57)(H,52,60)(H,53,58)/t26?,29?,30-,31-,33-,34-,35-,37+,41+,43+,45-,46-,47?,48+/m0/s1. The summed E-state index contributed by atoms with van der Waals surface area (Å²) in [5, 5.41) is 20.1. The van der Waals surface area contributed by atoms with Crippen LogP contribution in [0.1, 0.15) is 104 Å². The van der Waals surface area contributed by atoms with Gasteiger partial charge in [-0.25, -0.2) is 4.39 Å². The molecule has 0 radical (unpaired) electrons. The molecule has 20 heteroatoms.